The molecule has 3 nitrogen and oxygen atoms in total. The molecule has 0 aliphatic heterocycles. The fraction of sp³-hybridized carbons (Fsp3) is 0.583. The third-order valence-electron chi connectivity index (χ3n) is 6.30. The zero-order valence-electron chi connectivity index (χ0n) is 16.2. The van der Waals surface area contributed by atoms with Crippen molar-refractivity contribution in [1.82, 2.24) is 0 Å². The van der Waals surface area contributed by atoms with E-state index in [1.807, 2.05) is 0 Å². The molecule has 2 saturated carbocycles. The van der Waals surface area contributed by atoms with Gasteiger partial charge in [-0.2, -0.15) is 0 Å². The number of hydrogen-bond donors (Lipinski definition) is 1. The van der Waals surface area contributed by atoms with E-state index in [2.05, 4.69) is 42.5 Å². The number of allylic oxidation sites excluding steroid dienone is 2. The highest BCUT2D eigenvalue weighted by atomic mass is 16.4. The fourth-order valence-electron chi connectivity index (χ4n) is 4.81. The van der Waals surface area contributed by atoms with Gasteiger partial charge in [-0.3, -0.25) is 9.59 Å². The van der Waals surface area contributed by atoms with Crippen LogP contribution in [-0.2, 0) is 16.0 Å². The van der Waals surface area contributed by atoms with E-state index in [4.69, 9.17) is 5.11 Å². The lowest BCUT2D eigenvalue weighted by Gasteiger charge is -2.12. The number of benzene rings is 1. The first-order chi connectivity index (χ1) is 13.2. The Bertz CT molecular complexity index is 649. The van der Waals surface area contributed by atoms with Crippen LogP contribution in [0.1, 0.15) is 63.4 Å². The summed E-state index contributed by atoms with van der Waals surface area (Å²) < 4.78 is 0. The summed E-state index contributed by atoms with van der Waals surface area (Å²) in [6, 6.07) is 10.6. The summed E-state index contributed by atoms with van der Waals surface area (Å²) in [6.07, 6.45) is 14.0. The number of rotatable bonds is 12. The molecule has 0 heterocycles. The van der Waals surface area contributed by atoms with Gasteiger partial charge >= 0.3 is 5.97 Å². The second-order valence-corrected chi connectivity index (χ2v) is 8.25. The first kappa shape index (κ1) is 19.9. The van der Waals surface area contributed by atoms with Crippen LogP contribution in [0.3, 0.4) is 0 Å². The van der Waals surface area contributed by atoms with Crippen LogP contribution in [0, 0.1) is 23.7 Å². The Labute approximate surface area is 162 Å². The van der Waals surface area contributed by atoms with E-state index in [1.165, 1.54) is 12.0 Å². The van der Waals surface area contributed by atoms with Crippen molar-refractivity contribution >= 4 is 11.8 Å². The Kier molecular flexibility index (Phi) is 7.25. The predicted molar refractivity (Wildman–Crippen MR) is 107 cm³/mol. The fourth-order valence-corrected chi connectivity index (χ4v) is 4.81. The van der Waals surface area contributed by atoms with Crippen LogP contribution in [0.4, 0.5) is 0 Å². The lowest BCUT2D eigenvalue weighted by atomic mass is 9.92. The van der Waals surface area contributed by atoms with Crippen molar-refractivity contribution in [1.29, 1.82) is 0 Å². The van der Waals surface area contributed by atoms with E-state index in [0.29, 0.717) is 23.5 Å². The monoisotopic (exact) mass is 368 g/mol. The van der Waals surface area contributed by atoms with E-state index >= 15 is 0 Å². The Hall–Kier alpha value is -1.90. The average Bonchev–Trinajstić information content (AvgIpc) is 3.21. The highest BCUT2D eigenvalue weighted by Crippen LogP contribution is 2.60. The van der Waals surface area contributed by atoms with Gasteiger partial charge in [-0.25, -0.2) is 0 Å². The number of unbranched alkanes of at least 4 members (excludes halogenated alkanes) is 4. The van der Waals surface area contributed by atoms with Gasteiger partial charge in [0.15, 0.2) is 0 Å². The molecule has 1 N–H and O–H groups in total. The number of aliphatic carboxylic acids is 1. The van der Waals surface area contributed by atoms with Crippen molar-refractivity contribution in [2.75, 3.05) is 0 Å². The average molecular weight is 369 g/mol. The molecule has 1 aromatic carbocycles. The van der Waals surface area contributed by atoms with Gasteiger partial charge in [0.1, 0.15) is 5.78 Å². The molecular weight excluding hydrogens is 336 g/mol. The maximum absolute atomic E-state index is 12.2. The van der Waals surface area contributed by atoms with Crippen molar-refractivity contribution in [2.45, 2.75) is 64.2 Å². The summed E-state index contributed by atoms with van der Waals surface area (Å²) in [5.74, 6) is 1.89. The minimum Gasteiger partial charge on any atom is -0.481 e. The molecule has 0 spiro atoms. The molecule has 0 radical (unpaired) electrons. The van der Waals surface area contributed by atoms with Crippen LogP contribution in [0.5, 0.6) is 0 Å². The number of ketones is 1. The van der Waals surface area contributed by atoms with Crippen molar-refractivity contribution in [3.05, 3.63) is 48.0 Å². The van der Waals surface area contributed by atoms with Gasteiger partial charge in [-0.05, 0) is 55.4 Å². The molecule has 2 fully saturated rings. The largest absolute Gasteiger partial charge is 0.481 e. The lowest BCUT2D eigenvalue weighted by Crippen LogP contribution is -2.13. The van der Waals surface area contributed by atoms with E-state index in [0.717, 1.165) is 51.4 Å². The van der Waals surface area contributed by atoms with Crippen molar-refractivity contribution in [2.24, 2.45) is 23.7 Å². The molecule has 2 aliphatic rings. The third-order valence-corrected chi connectivity index (χ3v) is 6.30. The third kappa shape index (κ3) is 5.79. The highest BCUT2D eigenvalue weighted by molar-refractivity contribution is 5.85. The van der Waals surface area contributed by atoms with Gasteiger partial charge in [0.05, 0.1) is 0 Å². The Morgan fingerprint density at radius 3 is 2.63 bits per heavy atom. The smallest absolute Gasteiger partial charge is 0.303 e. The van der Waals surface area contributed by atoms with Crippen molar-refractivity contribution in [3.8, 4) is 0 Å². The number of Topliss-reactive ketones (excluding diaryl/α,β-unsaturated/α-hetero) is 1. The number of carboxylic acids is 1. The SMILES string of the molecule is O=C(O)CCCCCC[C@@H]1C(=O)CC2C(/C=C/CCCc3ccccc3)C21. The minimum absolute atomic E-state index is 0.268. The maximum Gasteiger partial charge on any atom is 0.303 e. The zero-order valence-corrected chi connectivity index (χ0v) is 16.2. The van der Waals surface area contributed by atoms with Gasteiger partial charge < -0.3 is 5.11 Å². The summed E-state index contributed by atoms with van der Waals surface area (Å²) in [5.41, 5.74) is 1.41. The molecule has 0 aromatic heterocycles. The standard InChI is InChI=1S/C24H32O3/c25-22-17-21-19(14-9-4-7-13-18-11-5-3-6-12-18)24(21)20(22)15-8-1-2-10-16-23(26)27/h3,5-6,9,11-12,14,19-21,24H,1-2,4,7-8,10,13,15-17H2,(H,26,27)/b14-9+/t19?,20-,21?,24?/m1/s1. The molecule has 3 heteroatoms. The van der Waals surface area contributed by atoms with Crippen LogP contribution in [0.2, 0.25) is 0 Å². The second kappa shape index (κ2) is 9.87. The quantitative estimate of drug-likeness (QED) is 0.395. The van der Waals surface area contributed by atoms with E-state index < -0.39 is 5.97 Å². The molecule has 4 atom stereocenters. The van der Waals surface area contributed by atoms with Gasteiger partial charge in [-0.15, -0.1) is 0 Å². The topological polar surface area (TPSA) is 54.4 Å². The zero-order chi connectivity index (χ0) is 19.1. The minimum atomic E-state index is -0.708. The maximum atomic E-state index is 12.2. The van der Waals surface area contributed by atoms with Gasteiger partial charge in [-0.1, -0.05) is 61.7 Å². The second-order valence-electron chi connectivity index (χ2n) is 8.25. The molecule has 146 valence electrons. The molecule has 0 saturated heterocycles. The van der Waals surface area contributed by atoms with Crippen LogP contribution in [0.25, 0.3) is 0 Å². The van der Waals surface area contributed by atoms with E-state index in [-0.39, 0.29) is 12.3 Å². The first-order valence-corrected chi connectivity index (χ1v) is 10.6. The molecule has 2 aliphatic carbocycles. The normalized spacial score (nSPS) is 26.4. The molecular formula is C24H32O3. The number of fused-ring (bicyclic) bond motifs is 1. The Balaban J connectivity index is 1.31. The summed E-state index contributed by atoms with van der Waals surface area (Å²) in [4.78, 5) is 22.7. The van der Waals surface area contributed by atoms with Gasteiger partial charge in [0.2, 0.25) is 0 Å². The number of carbonyl (C=O) groups excluding carboxylic acids is 1. The van der Waals surface area contributed by atoms with Gasteiger partial charge in [0, 0.05) is 18.8 Å². The summed E-state index contributed by atoms with van der Waals surface area (Å²) in [5, 5.41) is 8.66. The lowest BCUT2D eigenvalue weighted by molar-refractivity contribution is -0.137. The molecule has 0 bridgehead atoms. The summed E-state index contributed by atoms with van der Waals surface area (Å²) >= 11 is 0. The van der Waals surface area contributed by atoms with Gasteiger partial charge in [0.25, 0.3) is 0 Å². The molecule has 0 amide bonds. The predicted octanol–water partition coefficient (Wildman–Crippen LogP) is 5.44. The van der Waals surface area contributed by atoms with Crippen LogP contribution in [-0.4, -0.2) is 16.9 Å². The Morgan fingerprint density at radius 1 is 1.07 bits per heavy atom. The number of carboxylic acid groups (broad SMARTS) is 1. The Morgan fingerprint density at radius 2 is 1.85 bits per heavy atom. The molecule has 27 heavy (non-hydrogen) atoms. The number of aryl methyl sites for hydroxylation is 1. The van der Waals surface area contributed by atoms with Crippen LogP contribution < -0.4 is 0 Å². The van der Waals surface area contributed by atoms with E-state index in [9.17, 15) is 9.59 Å². The molecule has 1 aromatic rings. The number of hydrogen-bond acceptors (Lipinski definition) is 2. The summed E-state index contributed by atoms with van der Waals surface area (Å²) in [7, 11) is 0. The molecule has 3 rings (SSSR count). The molecule has 3 unspecified atom stereocenters. The van der Waals surface area contributed by atoms with Crippen LogP contribution in [0.15, 0.2) is 42.5 Å². The summed E-state index contributed by atoms with van der Waals surface area (Å²) in [6.45, 7) is 0. The number of carbonyl (C=O) groups is 2. The van der Waals surface area contributed by atoms with Crippen LogP contribution >= 0.6 is 0 Å². The van der Waals surface area contributed by atoms with Crippen molar-refractivity contribution in [3.63, 3.8) is 0 Å². The first-order valence-electron chi connectivity index (χ1n) is 10.6. The van der Waals surface area contributed by atoms with Crippen molar-refractivity contribution < 1.29 is 14.7 Å². The highest BCUT2D eigenvalue weighted by Gasteiger charge is 2.59. The van der Waals surface area contributed by atoms with E-state index in [1.54, 1.807) is 0 Å².